The minimum atomic E-state index is -1.52. The second-order valence-electron chi connectivity index (χ2n) is 5.85. The SMILES string of the molecule is Cc1cccc(CC2(O)C(=O)c3cccc4cccc2c34)n1. The lowest BCUT2D eigenvalue weighted by Gasteiger charge is -2.22. The first-order chi connectivity index (χ1) is 10.6. The summed E-state index contributed by atoms with van der Waals surface area (Å²) in [4.78, 5) is 17.2. The Hall–Kier alpha value is -2.52. The zero-order valence-corrected chi connectivity index (χ0v) is 12.2. The topological polar surface area (TPSA) is 50.2 Å². The number of carbonyl (C=O) groups excluding carboxylic acids is 1. The van der Waals surface area contributed by atoms with Gasteiger partial charge in [0.25, 0.3) is 0 Å². The quantitative estimate of drug-likeness (QED) is 0.788. The fourth-order valence-electron chi connectivity index (χ4n) is 3.36. The normalized spacial score (nSPS) is 19.8. The first-order valence-corrected chi connectivity index (χ1v) is 7.31. The highest BCUT2D eigenvalue weighted by Gasteiger charge is 2.46. The van der Waals surface area contributed by atoms with Gasteiger partial charge in [-0.2, -0.15) is 0 Å². The summed E-state index contributed by atoms with van der Waals surface area (Å²) in [5, 5.41) is 13.0. The second kappa shape index (κ2) is 4.49. The largest absolute Gasteiger partial charge is 0.376 e. The van der Waals surface area contributed by atoms with Gasteiger partial charge in [0.2, 0.25) is 0 Å². The fraction of sp³-hybridized carbons (Fsp3) is 0.158. The van der Waals surface area contributed by atoms with Crippen LogP contribution in [0, 0.1) is 6.92 Å². The van der Waals surface area contributed by atoms with Gasteiger partial charge in [0.1, 0.15) is 0 Å². The lowest BCUT2D eigenvalue weighted by Crippen LogP contribution is -2.34. The second-order valence-corrected chi connectivity index (χ2v) is 5.85. The molecule has 1 aliphatic carbocycles. The standard InChI is InChI=1S/C19H15NO2/c1-12-5-2-8-14(20-12)11-19(22)16-10-4-7-13-6-3-9-15(17(13)16)18(19)21/h2-10,22H,11H2,1H3. The van der Waals surface area contributed by atoms with E-state index in [4.69, 9.17) is 0 Å². The molecule has 108 valence electrons. The maximum atomic E-state index is 12.8. The van der Waals surface area contributed by atoms with Crippen LogP contribution in [-0.2, 0) is 12.0 Å². The number of rotatable bonds is 2. The molecule has 0 bridgehead atoms. The molecular weight excluding hydrogens is 274 g/mol. The highest BCUT2D eigenvalue weighted by atomic mass is 16.3. The maximum absolute atomic E-state index is 12.8. The molecule has 1 atom stereocenters. The summed E-state index contributed by atoms with van der Waals surface area (Å²) >= 11 is 0. The van der Waals surface area contributed by atoms with Crippen LogP contribution in [0.2, 0.25) is 0 Å². The van der Waals surface area contributed by atoms with E-state index < -0.39 is 5.60 Å². The summed E-state index contributed by atoms with van der Waals surface area (Å²) in [6.07, 6.45) is 0.196. The van der Waals surface area contributed by atoms with Crippen molar-refractivity contribution in [2.45, 2.75) is 18.9 Å². The van der Waals surface area contributed by atoms with E-state index in [1.165, 1.54) is 0 Å². The first kappa shape index (κ1) is 13.2. The average molecular weight is 289 g/mol. The number of carbonyl (C=O) groups is 1. The summed E-state index contributed by atoms with van der Waals surface area (Å²) in [6.45, 7) is 1.90. The van der Waals surface area contributed by atoms with E-state index in [0.717, 1.165) is 22.2 Å². The predicted octanol–water partition coefficient (Wildman–Crippen LogP) is 3.17. The van der Waals surface area contributed by atoms with Gasteiger partial charge in [0, 0.05) is 28.9 Å². The molecule has 0 radical (unpaired) electrons. The molecule has 0 aliphatic heterocycles. The summed E-state index contributed by atoms with van der Waals surface area (Å²) in [5.74, 6) is -0.234. The molecule has 3 heteroatoms. The third kappa shape index (κ3) is 1.72. The Labute approximate surface area is 128 Å². The molecule has 0 fully saturated rings. The zero-order valence-electron chi connectivity index (χ0n) is 12.2. The Morgan fingerprint density at radius 2 is 1.77 bits per heavy atom. The van der Waals surface area contributed by atoms with E-state index in [0.29, 0.717) is 11.1 Å². The van der Waals surface area contributed by atoms with Crippen LogP contribution in [0.3, 0.4) is 0 Å². The molecule has 1 N–H and O–H groups in total. The van der Waals surface area contributed by atoms with Gasteiger partial charge in [-0.1, -0.05) is 42.5 Å². The molecule has 3 nitrogen and oxygen atoms in total. The van der Waals surface area contributed by atoms with Crippen molar-refractivity contribution < 1.29 is 9.90 Å². The van der Waals surface area contributed by atoms with Gasteiger partial charge >= 0.3 is 0 Å². The molecule has 0 amide bonds. The molecular formula is C19H15NO2. The van der Waals surface area contributed by atoms with E-state index in [2.05, 4.69) is 4.98 Å². The number of aromatic nitrogens is 1. The van der Waals surface area contributed by atoms with E-state index in [9.17, 15) is 9.90 Å². The van der Waals surface area contributed by atoms with E-state index >= 15 is 0 Å². The van der Waals surface area contributed by atoms with Crippen molar-refractivity contribution in [2.75, 3.05) is 0 Å². The number of hydrogen-bond donors (Lipinski definition) is 1. The van der Waals surface area contributed by atoms with Crippen LogP contribution in [0.5, 0.6) is 0 Å². The van der Waals surface area contributed by atoms with Gasteiger partial charge in [-0.3, -0.25) is 9.78 Å². The van der Waals surface area contributed by atoms with Crippen LogP contribution < -0.4 is 0 Å². The van der Waals surface area contributed by atoms with Crippen molar-refractivity contribution in [1.82, 2.24) is 4.98 Å². The monoisotopic (exact) mass is 289 g/mol. The third-order valence-electron chi connectivity index (χ3n) is 4.35. The van der Waals surface area contributed by atoms with Gasteiger partial charge in [-0.05, 0) is 29.8 Å². The number of aliphatic hydroxyl groups is 1. The average Bonchev–Trinajstić information content (AvgIpc) is 2.72. The summed E-state index contributed by atoms with van der Waals surface area (Å²) in [6, 6.07) is 16.9. The number of pyridine rings is 1. The molecule has 2 aromatic carbocycles. The highest BCUT2D eigenvalue weighted by molar-refractivity contribution is 6.19. The lowest BCUT2D eigenvalue weighted by molar-refractivity contribution is 0.0328. The van der Waals surface area contributed by atoms with Crippen molar-refractivity contribution in [3.05, 3.63) is 77.1 Å². The minimum Gasteiger partial charge on any atom is -0.376 e. The van der Waals surface area contributed by atoms with Crippen LogP contribution in [0.4, 0.5) is 0 Å². The number of hydrogen-bond acceptors (Lipinski definition) is 3. The number of benzene rings is 2. The zero-order chi connectivity index (χ0) is 15.3. The Bertz CT molecular complexity index is 911. The Morgan fingerprint density at radius 1 is 1.05 bits per heavy atom. The minimum absolute atomic E-state index is 0.196. The molecule has 1 heterocycles. The van der Waals surface area contributed by atoms with Gasteiger partial charge in [0.15, 0.2) is 11.4 Å². The molecule has 0 saturated heterocycles. The van der Waals surface area contributed by atoms with Crippen molar-refractivity contribution in [2.24, 2.45) is 0 Å². The molecule has 4 rings (SSSR count). The van der Waals surface area contributed by atoms with E-state index in [1.54, 1.807) is 6.07 Å². The van der Waals surface area contributed by atoms with Crippen molar-refractivity contribution in [1.29, 1.82) is 0 Å². The van der Waals surface area contributed by atoms with Gasteiger partial charge in [0.05, 0.1) is 0 Å². The Morgan fingerprint density at radius 3 is 2.55 bits per heavy atom. The third-order valence-corrected chi connectivity index (χ3v) is 4.35. The van der Waals surface area contributed by atoms with Crippen LogP contribution in [0.1, 0.15) is 27.3 Å². The molecule has 1 aromatic heterocycles. The molecule has 3 aromatic rings. The van der Waals surface area contributed by atoms with Gasteiger partial charge in [-0.25, -0.2) is 0 Å². The van der Waals surface area contributed by atoms with Crippen LogP contribution in [-0.4, -0.2) is 15.9 Å². The van der Waals surface area contributed by atoms with Crippen molar-refractivity contribution in [3.8, 4) is 0 Å². The summed E-state index contributed by atoms with van der Waals surface area (Å²) < 4.78 is 0. The van der Waals surface area contributed by atoms with Crippen LogP contribution in [0.25, 0.3) is 10.8 Å². The van der Waals surface area contributed by atoms with Gasteiger partial charge < -0.3 is 5.11 Å². The highest BCUT2D eigenvalue weighted by Crippen LogP contribution is 2.42. The Balaban J connectivity index is 1.90. The van der Waals surface area contributed by atoms with E-state index in [1.807, 2.05) is 55.5 Å². The fourth-order valence-corrected chi connectivity index (χ4v) is 3.36. The molecule has 22 heavy (non-hydrogen) atoms. The van der Waals surface area contributed by atoms with Crippen LogP contribution >= 0.6 is 0 Å². The molecule has 0 spiro atoms. The van der Waals surface area contributed by atoms with Crippen molar-refractivity contribution in [3.63, 3.8) is 0 Å². The summed E-state index contributed by atoms with van der Waals surface area (Å²) in [5.41, 5.74) is 1.37. The van der Waals surface area contributed by atoms with Crippen molar-refractivity contribution >= 4 is 16.6 Å². The van der Waals surface area contributed by atoms with Crippen LogP contribution in [0.15, 0.2) is 54.6 Å². The molecule has 1 aliphatic rings. The number of ketones is 1. The first-order valence-electron chi connectivity index (χ1n) is 7.31. The number of aryl methyl sites for hydroxylation is 1. The Kier molecular flexibility index (Phi) is 2.68. The number of Topliss-reactive ketones (excluding diaryl/α,β-unsaturated/α-hetero) is 1. The lowest BCUT2D eigenvalue weighted by atomic mass is 9.88. The molecule has 0 saturated carbocycles. The predicted molar refractivity (Wildman–Crippen MR) is 84.9 cm³/mol. The molecule has 1 unspecified atom stereocenters. The van der Waals surface area contributed by atoms with E-state index in [-0.39, 0.29) is 12.2 Å². The summed E-state index contributed by atoms with van der Waals surface area (Å²) in [7, 11) is 0. The van der Waals surface area contributed by atoms with Gasteiger partial charge in [-0.15, -0.1) is 0 Å². The number of nitrogens with zero attached hydrogens (tertiary/aromatic N) is 1. The smallest absolute Gasteiger partial charge is 0.199 e. The maximum Gasteiger partial charge on any atom is 0.199 e.